The van der Waals surface area contributed by atoms with Gasteiger partial charge in [0.15, 0.2) is 11.2 Å². The van der Waals surface area contributed by atoms with E-state index in [0.717, 1.165) is 17.0 Å². The Hall–Kier alpha value is -4.01. The summed E-state index contributed by atoms with van der Waals surface area (Å²) < 4.78 is 9.81. The lowest BCUT2D eigenvalue weighted by Gasteiger charge is -2.08. The molecule has 5 rings (SSSR count). The summed E-state index contributed by atoms with van der Waals surface area (Å²) in [6.45, 7) is 0.396. The molecule has 0 aliphatic carbocycles. The van der Waals surface area contributed by atoms with Crippen LogP contribution in [0.3, 0.4) is 0 Å². The van der Waals surface area contributed by atoms with E-state index in [9.17, 15) is 5.11 Å². The zero-order valence-corrected chi connectivity index (χ0v) is 14.9. The highest BCUT2D eigenvalue weighted by molar-refractivity contribution is 5.89. The Morgan fingerprint density at radius 1 is 1.07 bits per heavy atom. The topological polar surface area (TPSA) is 97.1 Å². The Bertz CT molecular complexity index is 1280. The first-order valence-corrected chi connectivity index (χ1v) is 8.63. The van der Waals surface area contributed by atoms with Crippen molar-refractivity contribution in [2.24, 2.45) is 0 Å². The van der Waals surface area contributed by atoms with Gasteiger partial charge in [0.1, 0.15) is 11.3 Å². The summed E-state index contributed by atoms with van der Waals surface area (Å²) in [5.74, 6) is 0.363. The fourth-order valence-electron chi connectivity index (χ4n) is 3.10. The van der Waals surface area contributed by atoms with Gasteiger partial charge in [0.25, 0.3) is 6.33 Å². The number of ether oxygens (including phenoxy) is 1. The normalized spacial score (nSPS) is 11.3. The monoisotopic (exact) mass is 373 g/mol. The maximum Gasteiger partial charge on any atom is 0.316 e. The largest absolute Gasteiger partial charge is 0.854 e. The highest BCUT2D eigenvalue weighted by atomic mass is 16.5. The van der Waals surface area contributed by atoms with Crippen molar-refractivity contribution in [2.75, 3.05) is 7.11 Å². The number of benzene rings is 2. The summed E-state index contributed by atoms with van der Waals surface area (Å²) in [4.78, 5) is 0. The van der Waals surface area contributed by atoms with Crippen LogP contribution in [0.2, 0.25) is 0 Å². The third-order valence-corrected chi connectivity index (χ3v) is 4.50. The van der Waals surface area contributed by atoms with Gasteiger partial charge in [-0.25, -0.2) is 4.68 Å². The second-order valence-electron chi connectivity index (χ2n) is 6.26. The minimum absolute atomic E-state index is 0.328. The van der Waals surface area contributed by atoms with Gasteiger partial charge in [-0.05, 0) is 34.9 Å². The van der Waals surface area contributed by atoms with Gasteiger partial charge in [-0.2, -0.15) is 0 Å². The van der Waals surface area contributed by atoms with E-state index in [0.29, 0.717) is 23.2 Å². The fraction of sp³-hybridized carbons (Fsp3) is 0.105. The van der Waals surface area contributed by atoms with E-state index in [-0.39, 0.29) is 0 Å². The van der Waals surface area contributed by atoms with Crippen molar-refractivity contribution in [1.82, 2.24) is 29.7 Å². The van der Waals surface area contributed by atoms with Gasteiger partial charge in [0, 0.05) is 0 Å². The molecule has 0 aliphatic heterocycles. The summed E-state index contributed by atoms with van der Waals surface area (Å²) in [5.41, 5.74) is 3.05. The van der Waals surface area contributed by atoms with Crippen LogP contribution in [0.4, 0.5) is 0 Å². The van der Waals surface area contributed by atoms with Crippen molar-refractivity contribution in [3.05, 3.63) is 66.5 Å². The molecule has 138 valence electrons. The summed E-state index contributed by atoms with van der Waals surface area (Å²) in [5, 5.41) is 29.6. The Morgan fingerprint density at radius 2 is 1.86 bits per heavy atom. The molecule has 0 saturated carbocycles. The number of rotatable bonds is 4. The molecule has 3 aromatic heterocycles. The molecule has 9 nitrogen and oxygen atoms in total. The molecule has 0 atom stereocenters. The van der Waals surface area contributed by atoms with E-state index in [1.807, 2.05) is 54.6 Å². The Kier molecular flexibility index (Phi) is 3.64. The molecule has 0 spiro atoms. The molecule has 0 radical (unpaired) electrons. The van der Waals surface area contributed by atoms with Gasteiger partial charge in [0.05, 0.1) is 19.5 Å². The zero-order chi connectivity index (χ0) is 19.1. The van der Waals surface area contributed by atoms with Crippen LogP contribution in [0, 0.1) is 0 Å². The SMILES string of the molecule is COc1ccc(Cn2nnc3c2c([O-])nn2c[n+](-c4ccccc4)nc32)cc1. The van der Waals surface area contributed by atoms with Crippen molar-refractivity contribution in [3.63, 3.8) is 0 Å². The quantitative estimate of drug-likeness (QED) is 0.434. The number of methoxy groups -OCH3 is 1. The molecular formula is C19H15N7O2. The van der Waals surface area contributed by atoms with Crippen molar-refractivity contribution >= 4 is 16.7 Å². The number of hydrogen-bond donors (Lipinski definition) is 0. The Morgan fingerprint density at radius 3 is 2.61 bits per heavy atom. The number of para-hydroxylation sites is 1. The average Bonchev–Trinajstić information content (AvgIpc) is 3.34. The van der Waals surface area contributed by atoms with Gasteiger partial charge in [-0.1, -0.05) is 49.8 Å². The summed E-state index contributed by atoms with van der Waals surface area (Å²) >= 11 is 0. The van der Waals surface area contributed by atoms with E-state index < -0.39 is 5.88 Å². The molecule has 0 bridgehead atoms. The maximum absolute atomic E-state index is 12.6. The molecule has 0 saturated heterocycles. The average molecular weight is 373 g/mol. The Labute approximate surface area is 159 Å². The highest BCUT2D eigenvalue weighted by Gasteiger charge is 2.20. The number of fused-ring (bicyclic) bond motifs is 3. The summed E-state index contributed by atoms with van der Waals surface area (Å²) in [7, 11) is 1.62. The molecule has 3 heterocycles. The smallest absolute Gasteiger partial charge is 0.316 e. The van der Waals surface area contributed by atoms with E-state index >= 15 is 0 Å². The number of nitrogens with zero attached hydrogens (tertiary/aromatic N) is 7. The Balaban J connectivity index is 1.60. The molecule has 2 aromatic carbocycles. The zero-order valence-electron chi connectivity index (χ0n) is 14.9. The molecule has 0 unspecified atom stereocenters. The van der Waals surface area contributed by atoms with Gasteiger partial charge < -0.3 is 9.84 Å². The molecule has 28 heavy (non-hydrogen) atoms. The second kappa shape index (κ2) is 6.31. The van der Waals surface area contributed by atoms with Gasteiger partial charge in [0.2, 0.25) is 0 Å². The first-order valence-electron chi connectivity index (χ1n) is 8.63. The van der Waals surface area contributed by atoms with Crippen molar-refractivity contribution in [1.29, 1.82) is 0 Å². The lowest BCUT2D eigenvalue weighted by atomic mass is 10.2. The van der Waals surface area contributed by atoms with Gasteiger partial charge in [-0.3, -0.25) is 0 Å². The standard InChI is InChI=1S/C19H15N7O2/c1-28-15-9-7-13(8-10-15)11-24-17-16(20-23-24)18-21-25(12-26(18)22-19(17)27)14-5-3-2-4-6-14/h2-10,12H,11H2,1H3. The first-order chi connectivity index (χ1) is 13.7. The van der Waals surface area contributed by atoms with E-state index in [2.05, 4.69) is 20.5 Å². The van der Waals surface area contributed by atoms with Crippen LogP contribution < -0.4 is 14.5 Å². The van der Waals surface area contributed by atoms with E-state index in [4.69, 9.17) is 4.74 Å². The fourth-order valence-corrected chi connectivity index (χ4v) is 3.10. The molecular weight excluding hydrogens is 358 g/mol. The van der Waals surface area contributed by atoms with Gasteiger partial charge >= 0.3 is 5.65 Å². The molecule has 0 N–H and O–H groups in total. The minimum Gasteiger partial charge on any atom is -0.854 e. The molecule has 9 heteroatoms. The van der Waals surface area contributed by atoms with Crippen LogP contribution in [0.15, 0.2) is 60.9 Å². The molecule has 5 aromatic rings. The van der Waals surface area contributed by atoms with E-state index in [1.165, 1.54) is 4.52 Å². The third kappa shape index (κ3) is 2.60. The van der Waals surface area contributed by atoms with Crippen LogP contribution in [0.25, 0.3) is 22.4 Å². The highest BCUT2D eigenvalue weighted by Crippen LogP contribution is 2.22. The second-order valence-corrected chi connectivity index (χ2v) is 6.26. The molecule has 0 fully saturated rings. The minimum atomic E-state index is -0.404. The lowest BCUT2D eigenvalue weighted by molar-refractivity contribution is -0.655. The third-order valence-electron chi connectivity index (χ3n) is 4.50. The lowest BCUT2D eigenvalue weighted by Crippen LogP contribution is -2.31. The predicted molar refractivity (Wildman–Crippen MR) is 97.1 cm³/mol. The maximum atomic E-state index is 12.6. The first kappa shape index (κ1) is 16.2. The summed E-state index contributed by atoms with van der Waals surface area (Å²) in [6.07, 6.45) is 1.65. The van der Waals surface area contributed by atoms with Crippen LogP contribution in [0.1, 0.15) is 5.56 Å². The van der Waals surface area contributed by atoms with Crippen LogP contribution in [0.5, 0.6) is 11.6 Å². The van der Waals surface area contributed by atoms with Crippen LogP contribution >= 0.6 is 0 Å². The molecule has 0 amide bonds. The number of hydrogen-bond acceptors (Lipinski definition) is 6. The predicted octanol–water partition coefficient (Wildman–Crippen LogP) is 0.881. The van der Waals surface area contributed by atoms with Crippen molar-refractivity contribution in [3.8, 4) is 17.3 Å². The number of aromatic nitrogens is 7. The summed E-state index contributed by atoms with van der Waals surface area (Å²) in [6, 6.07) is 17.2. The van der Waals surface area contributed by atoms with Crippen molar-refractivity contribution < 1.29 is 14.5 Å². The molecule has 0 aliphatic rings. The van der Waals surface area contributed by atoms with Crippen LogP contribution in [-0.4, -0.2) is 36.8 Å². The van der Waals surface area contributed by atoms with Crippen LogP contribution in [-0.2, 0) is 6.54 Å². The van der Waals surface area contributed by atoms with E-state index in [1.54, 1.807) is 22.8 Å². The van der Waals surface area contributed by atoms with Gasteiger partial charge in [-0.15, -0.1) is 5.10 Å². The van der Waals surface area contributed by atoms with Crippen molar-refractivity contribution in [2.45, 2.75) is 6.54 Å².